The molecule has 1 atom stereocenters. The van der Waals surface area contributed by atoms with E-state index in [-0.39, 0.29) is 11.1 Å². The van der Waals surface area contributed by atoms with Crippen molar-refractivity contribution in [2.75, 3.05) is 0 Å². The quantitative estimate of drug-likeness (QED) is 0.907. The van der Waals surface area contributed by atoms with E-state index in [9.17, 15) is 4.39 Å². The first-order valence-corrected chi connectivity index (χ1v) is 5.91. The Bertz CT molecular complexity index is 584. The summed E-state index contributed by atoms with van der Waals surface area (Å²) >= 11 is 5.73. The van der Waals surface area contributed by atoms with Crippen LogP contribution in [0, 0.1) is 12.7 Å². The van der Waals surface area contributed by atoms with E-state index in [0.29, 0.717) is 11.4 Å². The normalized spacial score (nSPS) is 12.5. The maximum absolute atomic E-state index is 13.1. The van der Waals surface area contributed by atoms with Gasteiger partial charge in [-0.3, -0.25) is 0 Å². The van der Waals surface area contributed by atoms with Crippen molar-refractivity contribution < 1.29 is 4.39 Å². The molecule has 0 fully saturated rings. The fourth-order valence-electron chi connectivity index (χ4n) is 1.70. The van der Waals surface area contributed by atoms with E-state index in [4.69, 9.17) is 17.3 Å². The number of hydrogen-bond donors (Lipinski definition) is 1. The lowest BCUT2D eigenvalue weighted by Gasteiger charge is -2.10. The van der Waals surface area contributed by atoms with Crippen molar-refractivity contribution in [3.05, 3.63) is 46.5 Å². The second kappa shape index (κ2) is 5.00. The second-order valence-corrected chi connectivity index (χ2v) is 4.56. The number of aromatic nitrogens is 2. The Morgan fingerprint density at radius 1 is 1.39 bits per heavy atom. The van der Waals surface area contributed by atoms with Crippen LogP contribution in [-0.2, 0) is 0 Å². The smallest absolute Gasteiger partial charge is 0.159 e. The molecule has 0 radical (unpaired) electrons. The molecular formula is C13H13ClFN3. The molecule has 1 aromatic heterocycles. The molecular weight excluding hydrogens is 253 g/mol. The molecule has 94 valence electrons. The van der Waals surface area contributed by atoms with Gasteiger partial charge in [0, 0.05) is 29.1 Å². The molecule has 1 heterocycles. The van der Waals surface area contributed by atoms with Gasteiger partial charge in [-0.05, 0) is 32.0 Å². The third-order valence-electron chi connectivity index (χ3n) is 2.69. The summed E-state index contributed by atoms with van der Waals surface area (Å²) in [6, 6.07) is 4.30. The molecule has 0 saturated heterocycles. The Kier molecular flexibility index (Phi) is 3.59. The lowest BCUT2D eigenvalue weighted by atomic mass is 10.1. The number of nitrogens with two attached hydrogens (primary N) is 1. The summed E-state index contributed by atoms with van der Waals surface area (Å²) in [6.45, 7) is 3.75. The lowest BCUT2D eigenvalue weighted by molar-refractivity contribution is 0.628. The lowest BCUT2D eigenvalue weighted by Crippen LogP contribution is -2.09. The van der Waals surface area contributed by atoms with Gasteiger partial charge < -0.3 is 5.73 Å². The molecule has 2 rings (SSSR count). The highest BCUT2D eigenvalue weighted by atomic mass is 35.5. The van der Waals surface area contributed by atoms with Gasteiger partial charge in [-0.2, -0.15) is 0 Å². The first kappa shape index (κ1) is 12.9. The van der Waals surface area contributed by atoms with E-state index in [1.807, 2.05) is 13.8 Å². The van der Waals surface area contributed by atoms with Crippen LogP contribution in [0.5, 0.6) is 0 Å². The summed E-state index contributed by atoms with van der Waals surface area (Å²) in [5.74, 6) is 0.0585. The summed E-state index contributed by atoms with van der Waals surface area (Å²) in [5.41, 5.74) is 8.19. The second-order valence-electron chi connectivity index (χ2n) is 4.15. The van der Waals surface area contributed by atoms with Crippen LogP contribution in [0.3, 0.4) is 0 Å². The van der Waals surface area contributed by atoms with Gasteiger partial charge in [0.05, 0.1) is 5.02 Å². The Labute approximate surface area is 110 Å². The van der Waals surface area contributed by atoms with Gasteiger partial charge in [-0.25, -0.2) is 14.4 Å². The van der Waals surface area contributed by atoms with Crippen molar-refractivity contribution in [3.63, 3.8) is 0 Å². The largest absolute Gasteiger partial charge is 0.324 e. The van der Waals surface area contributed by atoms with Crippen molar-refractivity contribution in [3.8, 4) is 11.4 Å². The fraction of sp³-hybridized carbons (Fsp3) is 0.231. The third-order valence-corrected chi connectivity index (χ3v) is 2.98. The minimum atomic E-state index is -0.454. The van der Waals surface area contributed by atoms with Crippen molar-refractivity contribution in [1.29, 1.82) is 0 Å². The Morgan fingerprint density at radius 2 is 2.11 bits per heavy atom. The molecule has 5 heteroatoms. The molecule has 2 N–H and O–H groups in total. The van der Waals surface area contributed by atoms with Crippen LogP contribution < -0.4 is 5.73 Å². The molecule has 0 bridgehead atoms. The van der Waals surface area contributed by atoms with Gasteiger partial charge in [-0.1, -0.05) is 11.6 Å². The topological polar surface area (TPSA) is 51.8 Å². The Balaban J connectivity index is 2.45. The van der Waals surface area contributed by atoms with Crippen LogP contribution in [0.1, 0.15) is 24.2 Å². The minimum absolute atomic E-state index is 0.0602. The highest BCUT2D eigenvalue weighted by Crippen LogP contribution is 2.23. The number of halogens is 2. The summed E-state index contributed by atoms with van der Waals surface area (Å²) < 4.78 is 13.1. The van der Waals surface area contributed by atoms with E-state index in [1.54, 1.807) is 12.3 Å². The highest BCUT2D eigenvalue weighted by Gasteiger charge is 2.10. The summed E-state index contributed by atoms with van der Waals surface area (Å²) in [7, 11) is 0. The average molecular weight is 266 g/mol. The van der Waals surface area contributed by atoms with Gasteiger partial charge in [-0.15, -0.1) is 0 Å². The third kappa shape index (κ3) is 2.49. The van der Waals surface area contributed by atoms with Gasteiger partial charge in [0.25, 0.3) is 0 Å². The maximum Gasteiger partial charge on any atom is 0.159 e. The first-order valence-electron chi connectivity index (χ1n) is 5.53. The number of nitrogens with zero attached hydrogens (tertiary/aromatic N) is 2. The molecule has 0 aliphatic heterocycles. The van der Waals surface area contributed by atoms with Crippen LogP contribution in [0.15, 0.2) is 24.4 Å². The van der Waals surface area contributed by atoms with Crippen molar-refractivity contribution in [1.82, 2.24) is 9.97 Å². The van der Waals surface area contributed by atoms with Gasteiger partial charge >= 0.3 is 0 Å². The zero-order valence-electron chi connectivity index (χ0n) is 10.1. The summed E-state index contributed by atoms with van der Waals surface area (Å²) in [5, 5.41) is 0.0602. The Hall–Kier alpha value is -1.52. The summed E-state index contributed by atoms with van der Waals surface area (Å²) in [4.78, 5) is 8.59. The molecule has 0 amide bonds. The molecule has 2 aromatic rings. The minimum Gasteiger partial charge on any atom is -0.324 e. The predicted molar refractivity (Wildman–Crippen MR) is 69.8 cm³/mol. The first-order chi connectivity index (χ1) is 8.49. The molecule has 18 heavy (non-hydrogen) atoms. The summed E-state index contributed by atoms with van der Waals surface area (Å²) in [6.07, 6.45) is 1.69. The monoisotopic (exact) mass is 265 g/mol. The number of rotatable bonds is 2. The van der Waals surface area contributed by atoms with E-state index in [2.05, 4.69) is 9.97 Å². The maximum atomic E-state index is 13.1. The van der Waals surface area contributed by atoms with Gasteiger partial charge in [0.15, 0.2) is 5.82 Å². The molecule has 3 nitrogen and oxygen atoms in total. The van der Waals surface area contributed by atoms with Crippen LogP contribution in [0.4, 0.5) is 4.39 Å². The number of aryl methyl sites for hydroxylation is 1. The molecule has 0 spiro atoms. The average Bonchev–Trinajstić information content (AvgIpc) is 2.32. The molecule has 0 aliphatic rings. The fourth-order valence-corrected chi connectivity index (χ4v) is 1.88. The molecule has 0 saturated carbocycles. The van der Waals surface area contributed by atoms with Gasteiger partial charge in [0.2, 0.25) is 0 Å². The predicted octanol–water partition coefficient (Wildman–Crippen LogP) is 3.26. The standard InChI is InChI=1S/C13H13ClFN3/c1-7(16)10-6-17-13(18-8(10)2)9-3-4-12(15)11(14)5-9/h3-7H,16H2,1-2H3/t7-/m0/s1. The van der Waals surface area contributed by atoms with E-state index in [1.165, 1.54) is 12.1 Å². The van der Waals surface area contributed by atoms with Crippen molar-refractivity contribution in [2.24, 2.45) is 5.73 Å². The number of hydrogen-bond acceptors (Lipinski definition) is 3. The highest BCUT2D eigenvalue weighted by molar-refractivity contribution is 6.31. The van der Waals surface area contributed by atoms with Crippen LogP contribution >= 0.6 is 11.6 Å². The zero-order chi connectivity index (χ0) is 13.3. The Morgan fingerprint density at radius 3 is 2.67 bits per heavy atom. The van der Waals surface area contributed by atoms with Crippen LogP contribution in [0.25, 0.3) is 11.4 Å². The zero-order valence-corrected chi connectivity index (χ0v) is 10.9. The van der Waals surface area contributed by atoms with E-state index in [0.717, 1.165) is 11.3 Å². The molecule has 0 aliphatic carbocycles. The van der Waals surface area contributed by atoms with E-state index < -0.39 is 5.82 Å². The SMILES string of the molecule is Cc1nc(-c2ccc(F)c(Cl)c2)ncc1[C@H](C)N. The van der Waals surface area contributed by atoms with Crippen LogP contribution in [0.2, 0.25) is 5.02 Å². The number of benzene rings is 1. The van der Waals surface area contributed by atoms with Crippen molar-refractivity contribution in [2.45, 2.75) is 19.9 Å². The van der Waals surface area contributed by atoms with Crippen LogP contribution in [-0.4, -0.2) is 9.97 Å². The van der Waals surface area contributed by atoms with E-state index >= 15 is 0 Å². The van der Waals surface area contributed by atoms with Crippen molar-refractivity contribution >= 4 is 11.6 Å². The molecule has 0 unspecified atom stereocenters. The van der Waals surface area contributed by atoms with Gasteiger partial charge in [0.1, 0.15) is 5.82 Å². The molecule has 1 aromatic carbocycles.